The number of piperidine rings is 1. The van der Waals surface area contributed by atoms with Crippen LogP contribution in [0, 0.1) is 5.92 Å². The van der Waals surface area contributed by atoms with Gasteiger partial charge in [0, 0.05) is 18.5 Å². The lowest BCUT2D eigenvalue weighted by Gasteiger charge is -2.28. The first kappa shape index (κ1) is 10.9. The lowest BCUT2D eigenvalue weighted by atomic mass is 9.88. The molecular formula is C13H21NO. The molecule has 2 fully saturated rings. The van der Waals surface area contributed by atoms with Crippen molar-refractivity contribution < 1.29 is 4.79 Å². The number of hydrogen-bond acceptors (Lipinski definition) is 2. The molecule has 15 heavy (non-hydrogen) atoms. The van der Waals surface area contributed by atoms with Crippen molar-refractivity contribution in [2.45, 2.75) is 58.0 Å². The molecule has 2 atom stereocenters. The minimum absolute atomic E-state index is 0.321. The molecule has 2 aliphatic heterocycles. The SMILES string of the molecule is CC(C)=CC(=O)CC1CC2CCC(C1)N2. The normalized spacial score (nSPS) is 33.9. The first-order valence-corrected chi connectivity index (χ1v) is 6.07. The third-order valence-corrected chi connectivity index (χ3v) is 3.51. The fourth-order valence-corrected chi connectivity index (χ4v) is 3.01. The maximum atomic E-state index is 11.7. The Labute approximate surface area is 92.1 Å². The number of fused-ring (bicyclic) bond motifs is 2. The van der Waals surface area contributed by atoms with Crippen molar-refractivity contribution in [3.8, 4) is 0 Å². The van der Waals surface area contributed by atoms with E-state index in [1.807, 2.05) is 13.8 Å². The Morgan fingerprint density at radius 3 is 2.40 bits per heavy atom. The van der Waals surface area contributed by atoms with Gasteiger partial charge in [-0.3, -0.25) is 4.79 Å². The molecule has 0 saturated carbocycles. The van der Waals surface area contributed by atoms with Crippen LogP contribution >= 0.6 is 0 Å². The molecule has 0 aromatic heterocycles. The number of carbonyl (C=O) groups excluding carboxylic acids is 1. The number of carbonyl (C=O) groups is 1. The van der Waals surface area contributed by atoms with Crippen LogP contribution in [0.1, 0.15) is 46.0 Å². The predicted octanol–water partition coefficient (Wildman–Crippen LogP) is 2.44. The molecule has 2 nitrogen and oxygen atoms in total. The highest BCUT2D eigenvalue weighted by Crippen LogP contribution is 2.32. The van der Waals surface area contributed by atoms with E-state index in [0.717, 1.165) is 12.0 Å². The number of allylic oxidation sites excluding steroid dienone is 2. The largest absolute Gasteiger partial charge is 0.311 e. The van der Waals surface area contributed by atoms with E-state index in [0.29, 0.717) is 23.8 Å². The molecule has 2 heterocycles. The Kier molecular flexibility index (Phi) is 3.25. The van der Waals surface area contributed by atoms with E-state index in [1.54, 1.807) is 6.08 Å². The molecule has 0 aromatic rings. The first-order chi connectivity index (χ1) is 7.13. The van der Waals surface area contributed by atoms with E-state index < -0.39 is 0 Å². The second-order valence-corrected chi connectivity index (χ2v) is 5.37. The van der Waals surface area contributed by atoms with Crippen molar-refractivity contribution in [3.63, 3.8) is 0 Å². The fraction of sp³-hybridized carbons (Fsp3) is 0.769. The molecule has 84 valence electrons. The van der Waals surface area contributed by atoms with Crippen LogP contribution < -0.4 is 5.32 Å². The summed E-state index contributed by atoms with van der Waals surface area (Å²) in [4.78, 5) is 11.7. The van der Waals surface area contributed by atoms with Gasteiger partial charge in [0.25, 0.3) is 0 Å². The number of hydrogen-bond donors (Lipinski definition) is 1. The van der Waals surface area contributed by atoms with E-state index in [4.69, 9.17) is 0 Å². The zero-order valence-corrected chi connectivity index (χ0v) is 9.75. The predicted molar refractivity (Wildman–Crippen MR) is 61.7 cm³/mol. The minimum atomic E-state index is 0.321. The van der Waals surface area contributed by atoms with Crippen LogP contribution in [0.5, 0.6) is 0 Å². The van der Waals surface area contributed by atoms with Gasteiger partial charge in [0.15, 0.2) is 5.78 Å². The molecule has 2 aliphatic rings. The van der Waals surface area contributed by atoms with E-state index in [9.17, 15) is 4.79 Å². The van der Waals surface area contributed by atoms with Gasteiger partial charge in [-0.2, -0.15) is 0 Å². The molecule has 0 aliphatic carbocycles. The molecule has 0 spiro atoms. The third kappa shape index (κ3) is 2.91. The monoisotopic (exact) mass is 207 g/mol. The molecule has 0 radical (unpaired) electrons. The highest BCUT2D eigenvalue weighted by molar-refractivity contribution is 5.90. The molecule has 0 amide bonds. The van der Waals surface area contributed by atoms with Gasteiger partial charge in [0.05, 0.1) is 0 Å². The Morgan fingerprint density at radius 2 is 1.87 bits per heavy atom. The van der Waals surface area contributed by atoms with Crippen LogP contribution in [-0.4, -0.2) is 17.9 Å². The van der Waals surface area contributed by atoms with Crippen LogP contribution in [0.2, 0.25) is 0 Å². The maximum absolute atomic E-state index is 11.7. The maximum Gasteiger partial charge on any atom is 0.155 e. The molecule has 1 N–H and O–H groups in total. The van der Waals surface area contributed by atoms with Crippen LogP contribution in [-0.2, 0) is 4.79 Å². The molecular weight excluding hydrogens is 186 g/mol. The molecule has 2 unspecified atom stereocenters. The standard InChI is InChI=1S/C13H21NO/c1-9(2)5-13(15)8-10-6-11-3-4-12(7-10)14-11/h5,10-12,14H,3-4,6-8H2,1-2H3. The van der Waals surface area contributed by atoms with Crippen molar-refractivity contribution in [2.24, 2.45) is 5.92 Å². The number of ketones is 1. The summed E-state index contributed by atoms with van der Waals surface area (Å²) in [6.45, 7) is 3.98. The Hall–Kier alpha value is -0.630. The fourth-order valence-electron chi connectivity index (χ4n) is 3.01. The summed E-state index contributed by atoms with van der Waals surface area (Å²) in [6.07, 6.45) is 7.61. The number of nitrogens with one attached hydrogen (secondary N) is 1. The van der Waals surface area contributed by atoms with Gasteiger partial charge in [0.2, 0.25) is 0 Å². The average Bonchev–Trinajstić information content (AvgIpc) is 2.44. The Morgan fingerprint density at radius 1 is 1.27 bits per heavy atom. The molecule has 2 heteroatoms. The Bertz CT molecular complexity index is 266. The van der Waals surface area contributed by atoms with E-state index in [2.05, 4.69) is 5.32 Å². The van der Waals surface area contributed by atoms with E-state index in [1.165, 1.54) is 25.7 Å². The molecule has 0 aromatic carbocycles. The Balaban J connectivity index is 1.85. The van der Waals surface area contributed by atoms with Gasteiger partial charge in [-0.1, -0.05) is 5.57 Å². The summed E-state index contributed by atoms with van der Waals surface area (Å²) in [5.74, 6) is 0.952. The summed E-state index contributed by atoms with van der Waals surface area (Å²) in [7, 11) is 0. The summed E-state index contributed by atoms with van der Waals surface area (Å²) >= 11 is 0. The van der Waals surface area contributed by atoms with E-state index >= 15 is 0 Å². The van der Waals surface area contributed by atoms with Gasteiger partial charge in [-0.15, -0.1) is 0 Å². The summed E-state index contributed by atoms with van der Waals surface area (Å²) in [6, 6.07) is 1.40. The van der Waals surface area contributed by atoms with Gasteiger partial charge in [-0.05, 0) is 51.5 Å². The van der Waals surface area contributed by atoms with Crippen LogP contribution in [0.25, 0.3) is 0 Å². The molecule has 2 bridgehead atoms. The van der Waals surface area contributed by atoms with Gasteiger partial charge in [0.1, 0.15) is 0 Å². The van der Waals surface area contributed by atoms with Gasteiger partial charge < -0.3 is 5.32 Å². The van der Waals surface area contributed by atoms with E-state index in [-0.39, 0.29) is 0 Å². The zero-order chi connectivity index (χ0) is 10.8. The second kappa shape index (κ2) is 4.48. The highest BCUT2D eigenvalue weighted by Gasteiger charge is 2.33. The lowest BCUT2D eigenvalue weighted by molar-refractivity contribution is -0.115. The molecule has 2 saturated heterocycles. The van der Waals surface area contributed by atoms with Gasteiger partial charge >= 0.3 is 0 Å². The third-order valence-electron chi connectivity index (χ3n) is 3.51. The lowest BCUT2D eigenvalue weighted by Crippen LogP contribution is -2.38. The van der Waals surface area contributed by atoms with Crippen molar-refractivity contribution in [1.82, 2.24) is 5.32 Å². The topological polar surface area (TPSA) is 29.1 Å². The zero-order valence-electron chi connectivity index (χ0n) is 9.75. The van der Waals surface area contributed by atoms with Crippen molar-refractivity contribution >= 4 is 5.78 Å². The second-order valence-electron chi connectivity index (χ2n) is 5.37. The number of rotatable bonds is 3. The average molecular weight is 207 g/mol. The van der Waals surface area contributed by atoms with Crippen LogP contribution in [0.4, 0.5) is 0 Å². The quantitative estimate of drug-likeness (QED) is 0.720. The summed E-state index contributed by atoms with van der Waals surface area (Å²) < 4.78 is 0. The van der Waals surface area contributed by atoms with Crippen LogP contribution in [0.3, 0.4) is 0 Å². The molecule has 2 rings (SSSR count). The van der Waals surface area contributed by atoms with Crippen LogP contribution in [0.15, 0.2) is 11.6 Å². The van der Waals surface area contributed by atoms with Crippen molar-refractivity contribution in [3.05, 3.63) is 11.6 Å². The van der Waals surface area contributed by atoms with Crippen molar-refractivity contribution in [2.75, 3.05) is 0 Å². The smallest absolute Gasteiger partial charge is 0.155 e. The first-order valence-electron chi connectivity index (χ1n) is 6.07. The highest BCUT2D eigenvalue weighted by atomic mass is 16.1. The van der Waals surface area contributed by atoms with Crippen molar-refractivity contribution in [1.29, 1.82) is 0 Å². The summed E-state index contributed by atoms with van der Waals surface area (Å²) in [5, 5.41) is 3.61. The van der Waals surface area contributed by atoms with Gasteiger partial charge in [-0.25, -0.2) is 0 Å². The minimum Gasteiger partial charge on any atom is -0.311 e. The summed E-state index contributed by atoms with van der Waals surface area (Å²) in [5.41, 5.74) is 1.12.